The second-order valence-corrected chi connectivity index (χ2v) is 4.75. The van der Waals surface area contributed by atoms with Crippen LogP contribution < -0.4 is 5.32 Å². The molecule has 0 unspecified atom stereocenters. The number of carbonyl (C=O) groups excluding carboxylic acids is 1. The largest absolute Gasteiger partial charge is 0.383 e. The zero-order valence-corrected chi connectivity index (χ0v) is 12.1. The summed E-state index contributed by atoms with van der Waals surface area (Å²) in [6.07, 6.45) is 0.453. The van der Waals surface area contributed by atoms with Gasteiger partial charge in [0, 0.05) is 26.7 Å². The number of ether oxygens (including phenoxy) is 1. The molecule has 0 aliphatic heterocycles. The van der Waals surface area contributed by atoms with Gasteiger partial charge in [-0.25, -0.2) is 0 Å². The number of hydrogen-bond donors (Lipinski definition) is 1. The van der Waals surface area contributed by atoms with Crippen molar-refractivity contribution >= 4 is 5.91 Å². The number of hydrogen-bond acceptors (Lipinski definition) is 3. The van der Waals surface area contributed by atoms with Crippen LogP contribution in [0.4, 0.5) is 0 Å². The van der Waals surface area contributed by atoms with Crippen LogP contribution in [0.15, 0.2) is 24.3 Å². The molecule has 1 aromatic rings. The predicted molar refractivity (Wildman–Crippen MR) is 77.3 cm³/mol. The molecule has 0 radical (unpaired) electrons. The molecule has 0 aromatic heterocycles. The Morgan fingerprint density at radius 3 is 2.74 bits per heavy atom. The molecule has 106 valence electrons. The molecule has 0 saturated carbocycles. The molecular weight excluding hydrogens is 240 g/mol. The normalized spacial score (nSPS) is 10.7. The van der Waals surface area contributed by atoms with Gasteiger partial charge in [0.25, 0.3) is 0 Å². The minimum atomic E-state index is 0.0782. The van der Waals surface area contributed by atoms with E-state index in [1.807, 2.05) is 38.2 Å². The van der Waals surface area contributed by atoms with Crippen molar-refractivity contribution in [3.8, 4) is 0 Å². The zero-order chi connectivity index (χ0) is 14.1. The van der Waals surface area contributed by atoms with Crippen molar-refractivity contribution in [2.45, 2.75) is 13.3 Å². The lowest BCUT2D eigenvalue weighted by atomic mass is 10.1. The van der Waals surface area contributed by atoms with E-state index in [1.165, 1.54) is 0 Å². The van der Waals surface area contributed by atoms with Gasteiger partial charge in [0.15, 0.2) is 0 Å². The Bertz CT molecular complexity index is 393. The Balaban J connectivity index is 2.23. The lowest BCUT2D eigenvalue weighted by molar-refractivity contribution is -0.120. The van der Waals surface area contributed by atoms with Crippen molar-refractivity contribution in [1.82, 2.24) is 10.2 Å². The maximum Gasteiger partial charge on any atom is 0.224 e. The summed E-state index contributed by atoms with van der Waals surface area (Å²) in [5.41, 5.74) is 2.25. The number of likely N-dealkylation sites (N-methyl/N-ethyl adjacent to an activating group) is 1. The summed E-state index contributed by atoms with van der Waals surface area (Å²) < 4.78 is 5.00. The average molecular weight is 264 g/mol. The van der Waals surface area contributed by atoms with E-state index < -0.39 is 0 Å². The lowest BCUT2D eigenvalue weighted by Gasteiger charge is -2.16. The van der Waals surface area contributed by atoms with Crippen LogP contribution in [0.1, 0.15) is 11.1 Å². The van der Waals surface area contributed by atoms with Crippen LogP contribution in [0.3, 0.4) is 0 Å². The first-order valence-electron chi connectivity index (χ1n) is 6.62. The number of rotatable bonds is 8. The Hall–Kier alpha value is -1.39. The standard InChI is InChI=1S/C15H24N2O2/c1-13-6-4-5-7-14(13)12-15(18)16-8-9-17(2)10-11-19-3/h4-7H,8-12H2,1-3H3,(H,16,18). The van der Waals surface area contributed by atoms with E-state index in [9.17, 15) is 4.79 Å². The summed E-state index contributed by atoms with van der Waals surface area (Å²) in [4.78, 5) is 13.9. The van der Waals surface area contributed by atoms with Crippen molar-refractivity contribution < 1.29 is 9.53 Å². The second-order valence-electron chi connectivity index (χ2n) is 4.75. The van der Waals surface area contributed by atoms with E-state index in [1.54, 1.807) is 7.11 Å². The zero-order valence-electron chi connectivity index (χ0n) is 12.1. The number of benzene rings is 1. The third-order valence-corrected chi connectivity index (χ3v) is 3.11. The highest BCUT2D eigenvalue weighted by Gasteiger charge is 2.05. The fraction of sp³-hybridized carbons (Fsp3) is 0.533. The molecule has 4 heteroatoms. The first-order chi connectivity index (χ1) is 9.13. The Morgan fingerprint density at radius 1 is 1.32 bits per heavy atom. The van der Waals surface area contributed by atoms with Crippen LogP contribution in [0, 0.1) is 6.92 Å². The smallest absolute Gasteiger partial charge is 0.224 e. The molecule has 0 heterocycles. The maximum atomic E-state index is 11.8. The molecule has 1 N–H and O–H groups in total. The van der Waals surface area contributed by atoms with E-state index in [0.717, 1.165) is 24.2 Å². The number of methoxy groups -OCH3 is 1. The molecule has 0 aliphatic rings. The summed E-state index contributed by atoms with van der Waals surface area (Å²) in [6, 6.07) is 7.98. The van der Waals surface area contributed by atoms with E-state index in [-0.39, 0.29) is 5.91 Å². The first-order valence-corrected chi connectivity index (χ1v) is 6.62. The molecule has 4 nitrogen and oxygen atoms in total. The number of nitrogens with zero attached hydrogens (tertiary/aromatic N) is 1. The van der Waals surface area contributed by atoms with Gasteiger partial charge in [-0.2, -0.15) is 0 Å². The van der Waals surface area contributed by atoms with Gasteiger partial charge >= 0.3 is 0 Å². The Kier molecular flexibility index (Phi) is 7.15. The van der Waals surface area contributed by atoms with E-state index in [4.69, 9.17) is 4.74 Å². The summed E-state index contributed by atoms with van der Waals surface area (Å²) in [6.45, 7) is 5.13. The molecule has 1 amide bonds. The maximum absolute atomic E-state index is 11.8. The minimum Gasteiger partial charge on any atom is -0.383 e. The monoisotopic (exact) mass is 264 g/mol. The van der Waals surface area contributed by atoms with Gasteiger partial charge in [-0.15, -0.1) is 0 Å². The molecule has 0 atom stereocenters. The van der Waals surface area contributed by atoms with Crippen LogP contribution in [-0.2, 0) is 16.0 Å². The van der Waals surface area contributed by atoms with Crippen molar-refractivity contribution in [1.29, 1.82) is 0 Å². The number of aryl methyl sites for hydroxylation is 1. The van der Waals surface area contributed by atoms with Gasteiger partial charge in [-0.1, -0.05) is 24.3 Å². The second kappa shape index (κ2) is 8.67. The molecule has 0 fully saturated rings. The van der Waals surface area contributed by atoms with Crippen molar-refractivity contribution in [3.63, 3.8) is 0 Å². The van der Waals surface area contributed by atoms with Gasteiger partial charge in [-0.05, 0) is 25.1 Å². The summed E-state index contributed by atoms with van der Waals surface area (Å²) in [7, 11) is 3.71. The van der Waals surface area contributed by atoms with Gasteiger partial charge < -0.3 is 15.0 Å². The molecule has 0 saturated heterocycles. The molecule has 19 heavy (non-hydrogen) atoms. The molecule has 1 aromatic carbocycles. The van der Waals surface area contributed by atoms with Crippen LogP contribution in [0.5, 0.6) is 0 Å². The first kappa shape index (κ1) is 15.7. The fourth-order valence-electron chi connectivity index (χ4n) is 1.79. The highest BCUT2D eigenvalue weighted by atomic mass is 16.5. The van der Waals surface area contributed by atoms with Crippen LogP contribution in [-0.4, -0.2) is 51.2 Å². The lowest BCUT2D eigenvalue weighted by Crippen LogP contribution is -2.35. The number of carbonyl (C=O) groups is 1. The van der Waals surface area contributed by atoms with Gasteiger partial charge in [0.2, 0.25) is 5.91 Å². The summed E-state index contributed by atoms with van der Waals surface area (Å²) in [5, 5.41) is 2.94. The third kappa shape index (κ3) is 6.36. The van der Waals surface area contributed by atoms with Gasteiger partial charge in [-0.3, -0.25) is 4.79 Å². The molecule has 0 spiro atoms. The third-order valence-electron chi connectivity index (χ3n) is 3.11. The average Bonchev–Trinajstić information content (AvgIpc) is 2.39. The number of amides is 1. The van der Waals surface area contributed by atoms with E-state index in [0.29, 0.717) is 19.6 Å². The fourth-order valence-corrected chi connectivity index (χ4v) is 1.79. The minimum absolute atomic E-state index is 0.0782. The van der Waals surface area contributed by atoms with Crippen LogP contribution in [0.25, 0.3) is 0 Å². The van der Waals surface area contributed by atoms with Crippen molar-refractivity contribution in [2.24, 2.45) is 0 Å². The molecular formula is C15H24N2O2. The van der Waals surface area contributed by atoms with Crippen LogP contribution in [0.2, 0.25) is 0 Å². The topological polar surface area (TPSA) is 41.6 Å². The van der Waals surface area contributed by atoms with Crippen LogP contribution >= 0.6 is 0 Å². The summed E-state index contributed by atoms with van der Waals surface area (Å²) >= 11 is 0. The van der Waals surface area contributed by atoms with Gasteiger partial charge in [0.05, 0.1) is 13.0 Å². The Labute approximate surface area is 115 Å². The van der Waals surface area contributed by atoms with E-state index in [2.05, 4.69) is 10.2 Å². The highest BCUT2D eigenvalue weighted by molar-refractivity contribution is 5.78. The van der Waals surface area contributed by atoms with Crippen molar-refractivity contribution in [2.75, 3.05) is 40.4 Å². The predicted octanol–water partition coefficient (Wildman–Crippen LogP) is 1.23. The van der Waals surface area contributed by atoms with E-state index >= 15 is 0 Å². The van der Waals surface area contributed by atoms with Crippen molar-refractivity contribution in [3.05, 3.63) is 35.4 Å². The van der Waals surface area contributed by atoms with Gasteiger partial charge in [0.1, 0.15) is 0 Å². The highest BCUT2D eigenvalue weighted by Crippen LogP contribution is 2.07. The molecule has 1 rings (SSSR count). The molecule has 0 bridgehead atoms. The SMILES string of the molecule is COCCN(C)CCNC(=O)Cc1ccccc1C. The molecule has 0 aliphatic carbocycles. The Morgan fingerprint density at radius 2 is 2.05 bits per heavy atom. The quantitative estimate of drug-likeness (QED) is 0.768. The summed E-state index contributed by atoms with van der Waals surface area (Å²) in [5.74, 6) is 0.0782. The number of nitrogens with one attached hydrogen (secondary N) is 1.